The van der Waals surface area contributed by atoms with E-state index in [-0.39, 0.29) is 18.5 Å². The molecule has 0 aliphatic carbocycles. The highest BCUT2D eigenvalue weighted by Gasteiger charge is 2.11. The molecular weight excluding hydrogens is 629 g/mol. The molecule has 4 nitrogen and oxygen atoms in total. The first-order valence-corrected chi connectivity index (χ1v) is 23.2. The largest absolute Gasteiger partial charge is 0.481 e. The van der Waals surface area contributed by atoms with Gasteiger partial charge in [-0.1, -0.05) is 225 Å². The number of hydrogen-bond donors (Lipinski definition) is 1. The van der Waals surface area contributed by atoms with Crippen LogP contribution in [0.2, 0.25) is 0 Å². The summed E-state index contributed by atoms with van der Waals surface area (Å²) in [7, 11) is 0. The first kappa shape index (κ1) is 49.7. The Hall–Kier alpha value is -1.32. The summed E-state index contributed by atoms with van der Waals surface area (Å²) in [6.45, 7) is 4.55. The molecular formula is C47H90O4. The molecule has 1 N–H and O–H groups in total. The van der Waals surface area contributed by atoms with Crippen molar-refractivity contribution in [2.75, 3.05) is 0 Å². The van der Waals surface area contributed by atoms with E-state index in [1.807, 2.05) is 0 Å². The van der Waals surface area contributed by atoms with Crippen molar-refractivity contribution in [3.05, 3.63) is 12.2 Å². The molecule has 1 unspecified atom stereocenters. The third kappa shape index (κ3) is 43.0. The zero-order valence-corrected chi connectivity index (χ0v) is 34.7. The average Bonchev–Trinajstić information content (AvgIpc) is 3.12. The average molecular weight is 719 g/mol. The Balaban J connectivity index is 3.77. The highest BCUT2D eigenvalue weighted by atomic mass is 16.5. The fraction of sp³-hybridized carbons (Fsp3) is 0.915. The number of carbonyl (C=O) groups excluding carboxylic acids is 1. The SMILES string of the molecule is CCCCCCCC/C=C\C(CCCCCCCCC(=O)O)OC(=O)CCCCCCCCCCCCCCCCCCCCCCCCCC. The van der Waals surface area contributed by atoms with Crippen LogP contribution in [0.15, 0.2) is 12.2 Å². The van der Waals surface area contributed by atoms with Gasteiger partial charge in [0.2, 0.25) is 0 Å². The molecule has 0 saturated carbocycles. The van der Waals surface area contributed by atoms with Crippen LogP contribution in [-0.4, -0.2) is 23.1 Å². The predicted octanol–water partition coefficient (Wildman–Crippen LogP) is 16.2. The van der Waals surface area contributed by atoms with Gasteiger partial charge in [-0.05, 0) is 44.6 Å². The van der Waals surface area contributed by atoms with E-state index in [0.29, 0.717) is 6.42 Å². The van der Waals surface area contributed by atoms with Crippen molar-refractivity contribution in [3.63, 3.8) is 0 Å². The second-order valence-corrected chi connectivity index (χ2v) is 15.9. The van der Waals surface area contributed by atoms with E-state index in [1.54, 1.807) is 0 Å². The summed E-state index contributed by atoms with van der Waals surface area (Å²) < 4.78 is 5.94. The Kier molecular flexibility index (Phi) is 42.0. The van der Waals surface area contributed by atoms with E-state index in [9.17, 15) is 9.59 Å². The van der Waals surface area contributed by atoms with Crippen molar-refractivity contribution < 1.29 is 19.4 Å². The van der Waals surface area contributed by atoms with Gasteiger partial charge in [-0.2, -0.15) is 0 Å². The molecule has 0 radical (unpaired) electrons. The number of hydrogen-bond acceptors (Lipinski definition) is 3. The van der Waals surface area contributed by atoms with Crippen LogP contribution in [0.25, 0.3) is 0 Å². The number of aliphatic carboxylic acids is 1. The maximum absolute atomic E-state index is 12.7. The standard InChI is InChI=1S/C47H90O4/c1-3-5-7-9-11-13-14-15-16-17-18-19-20-21-22-23-24-25-26-27-28-30-36-40-44-47(50)51-45(41-37-33-29-12-10-8-6-4-2)42-38-34-31-32-35-39-43-46(48)49/h37,41,45H,3-36,38-40,42-44H2,1-2H3,(H,48,49)/b41-37-. The van der Waals surface area contributed by atoms with Crippen LogP contribution in [0, 0.1) is 0 Å². The van der Waals surface area contributed by atoms with E-state index in [4.69, 9.17) is 9.84 Å². The number of allylic oxidation sites excluding steroid dienone is 1. The number of rotatable bonds is 43. The molecule has 0 aliphatic heterocycles. The molecule has 0 spiro atoms. The summed E-state index contributed by atoms with van der Waals surface area (Å²) in [6, 6.07) is 0. The van der Waals surface area contributed by atoms with E-state index < -0.39 is 5.97 Å². The Morgan fingerprint density at radius 2 is 0.745 bits per heavy atom. The van der Waals surface area contributed by atoms with E-state index in [2.05, 4.69) is 26.0 Å². The summed E-state index contributed by atoms with van der Waals surface area (Å²) in [5, 5.41) is 8.79. The van der Waals surface area contributed by atoms with Crippen molar-refractivity contribution in [1.82, 2.24) is 0 Å². The fourth-order valence-corrected chi connectivity index (χ4v) is 7.27. The van der Waals surface area contributed by atoms with E-state index in [1.165, 1.54) is 180 Å². The molecule has 0 heterocycles. The maximum Gasteiger partial charge on any atom is 0.306 e. The number of carbonyl (C=O) groups is 2. The minimum absolute atomic E-state index is 0.0308. The molecule has 4 heteroatoms. The van der Waals surface area contributed by atoms with Gasteiger partial charge in [-0.15, -0.1) is 0 Å². The molecule has 0 aromatic carbocycles. The van der Waals surface area contributed by atoms with Crippen LogP contribution in [0.5, 0.6) is 0 Å². The second-order valence-electron chi connectivity index (χ2n) is 15.9. The molecule has 0 aliphatic rings. The summed E-state index contributed by atoms with van der Waals surface area (Å²) >= 11 is 0. The van der Waals surface area contributed by atoms with Gasteiger partial charge in [0.25, 0.3) is 0 Å². The molecule has 302 valence electrons. The summed E-state index contributed by atoms with van der Waals surface area (Å²) in [5.41, 5.74) is 0. The van der Waals surface area contributed by atoms with Crippen LogP contribution in [-0.2, 0) is 14.3 Å². The predicted molar refractivity (Wildman–Crippen MR) is 223 cm³/mol. The molecule has 0 rings (SSSR count). The highest BCUT2D eigenvalue weighted by Crippen LogP contribution is 2.18. The van der Waals surface area contributed by atoms with Gasteiger partial charge in [-0.3, -0.25) is 9.59 Å². The zero-order chi connectivity index (χ0) is 37.1. The molecule has 0 bridgehead atoms. The number of carboxylic acid groups (broad SMARTS) is 1. The van der Waals surface area contributed by atoms with Gasteiger partial charge < -0.3 is 9.84 Å². The van der Waals surface area contributed by atoms with Gasteiger partial charge in [0.15, 0.2) is 0 Å². The Bertz CT molecular complexity index is 732. The number of carboxylic acids is 1. The van der Waals surface area contributed by atoms with Gasteiger partial charge in [-0.25, -0.2) is 0 Å². The van der Waals surface area contributed by atoms with Crippen LogP contribution in [0.4, 0.5) is 0 Å². The molecule has 0 aromatic heterocycles. The topological polar surface area (TPSA) is 63.6 Å². The summed E-state index contributed by atoms with van der Waals surface area (Å²) in [4.78, 5) is 23.3. The zero-order valence-electron chi connectivity index (χ0n) is 34.7. The van der Waals surface area contributed by atoms with Crippen molar-refractivity contribution in [1.29, 1.82) is 0 Å². The molecule has 1 atom stereocenters. The van der Waals surface area contributed by atoms with Gasteiger partial charge in [0.05, 0.1) is 0 Å². The quantitative estimate of drug-likeness (QED) is 0.0387. The van der Waals surface area contributed by atoms with Crippen molar-refractivity contribution in [2.45, 2.75) is 277 Å². The molecule has 51 heavy (non-hydrogen) atoms. The third-order valence-electron chi connectivity index (χ3n) is 10.7. The van der Waals surface area contributed by atoms with Crippen molar-refractivity contribution in [3.8, 4) is 0 Å². The lowest BCUT2D eigenvalue weighted by Gasteiger charge is -2.15. The number of unbranched alkanes of at least 4 members (excludes halogenated alkanes) is 34. The third-order valence-corrected chi connectivity index (χ3v) is 10.7. The number of esters is 1. The van der Waals surface area contributed by atoms with Crippen LogP contribution >= 0.6 is 0 Å². The fourth-order valence-electron chi connectivity index (χ4n) is 7.27. The van der Waals surface area contributed by atoms with Crippen LogP contribution in [0.3, 0.4) is 0 Å². The smallest absolute Gasteiger partial charge is 0.306 e. The summed E-state index contributed by atoms with van der Waals surface area (Å²) in [5.74, 6) is -0.727. The molecule has 0 aromatic rings. The Labute approximate surface area is 319 Å². The summed E-state index contributed by atoms with van der Waals surface area (Å²) in [6.07, 6.45) is 54.3. The minimum atomic E-state index is -0.696. The minimum Gasteiger partial charge on any atom is -0.481 e. The van der Waals surface area contributed by atoms with E-state index in [0.717, 1.165) is 64.2 Å². The Morgan fingerprint density at radius 3 is 1.12 bits per heavy atom. The van der Waals surface area contributed by atoms with E-state index >= 15 is 0 Å². The molecule has 0 amide bonds. The highest BCUT2D eigenvalue weighted by molar-refractivity contribution is 5.69. The number of ether oxygens (including phenoxy) is 1. The normalized spacial score (nSPS) is 12.2. The van der Waals surface area contributed by atoms with Crippen molar-refractivity contribution >= 4 is 11.9 Å². The lowest BCUT2D eigenvalue weighted by Crippen LogP contribution is -2.16. The first-order valence-electron chi connectivity index (χ1n) is 23.2. The van der Waals surface area contributed by atoms with Crippen LogP contribution < -0.4 is 0 Å². The molecule has 0 saturated heterocycles. The Morgan fingerprint density at radius 1 is 0.431 bits per heavy atom. The lowest BCUT2D eigenvalue weighted by atomic mass is 10.0. The molecule has 0 fully saturated rings. The monoisotopic (exact) mass is 719 g/mol. The van der Waals surface area contributed by atoms with Crippen LogP contribution in [0.1, 0.15) is 271 Å². The van der Waals surface area contributed by atoms with Gasteiger partial charge in [0.1, 0.15) is 6.10 Å². The van der Waals surface area contributed by atoms with Gasteiger partial charge in [0, 0.05) is 12.8 Å². The van der Waals surface area contributed by atoms with Gasteiger partial charge >= 0.3 is 11.9 Å². The first-order chi connectivity index (χ1) is 25.1. The maximum atomic E-state index is 12.7. The van der Waals surface area contributed by atoms with Crippen molar-refractivity contribution in [2.24, 2.45) is 0 Å². The second kappa shape index (κ2) is 43.1. The lowest BCUT2D eigenvalue weighted by molar-refractivity contribution is -0.147.